The summed E-state index contributed by atoms with van der Waals surface area (Å²) in [4.78, 5) is 24.8. The van der Waals surface area contributed by atoms with Crippen LogP contribution in [0.2, 0.25) is 0 Å². The number of nitrogens with two attached hydrogens (primary N) is 1. The molecule has 1 saturated carbocycles. The molecule has 1 heterocycles. The van der Waals surface area contributed by atoms with Crippen molar-refractivity contribution in [1.29, 1.82) is 0 Å². The van der Waals surface area contributed by atoms with Gasteiger partial charge in [0.05, 0.1) is 5.56 Å². The van der Waals surface area contributed by atoms with Gasteiger partial charge in [-0.15, -0.1) is 0 Å². The van der Waals surface area contributed by atoms with E-state index in [9.17, 15) is 9.59 Å². The average Bonchev–Trinajstić information content (AvgIpc) is 2.86. The first-order chi connectivity index (χ1) is 8.63. The Kier molecular flexibility index (Phi) is 3.81. The highest BCUT2D eigenvalue weighted by Crippen LogP contribution is 2.29. The van der Waals surface area contributed by atoms with E-state index < -0.39 is 5.63 Å². The fourth-order valence-corrected chi connectivity index (χ4v) is 2.64. The number of rotatable bonds is 3. The minimum atomic E-state index is -0.449. The molecule has 0 spiro atoms. The molecule has 1 fully saturated rings. The van der Waals surface area contributed by atoms with Crippen molar-refractivity contribution in [3.05, 3.63) is 34.4 Å². The normalized spacial score (nSPS) is 23.0. The van der Waals surface area contributed by atoms with Gasteiger partial charge in [0, 0.05) is 19.2 Å². The van der Waals surface area contributed by atoms with E-state index in [1.54, 1.807) is 11.9 Å². The van der Waals surface area contributed by atoms with Crippen LogP contribution in [0.1, 0.15) is 29.6 Å². The summed E-state index contributed by atoms with van der Waals surface area (Å²) >= 11 is 0. The predicted octanol–water partition coefficient (Wildman–Crippen LogP) is 0.839. The molecular weight excluding hydrogens is 232 g/mol. The lowest BCUT2D eigenvalue weighted by Crippen LogP contribution is -2.41. The Hall–Kier alpha value is -1.62. The van der Waals surface area contributed by atoms with E-state index in [1.807, 2.05) is 0 Å². The van der Waals surface area contributed by atoms with Crippen molar-refractivity contribution in [2.45, 2.75) is 25.3 Å². The minimum Gasteiger partial charge on any atom is -0.430 e. The summed E-state index contributed by atoms with van der Waals surface area (Å²) in [6, 6.07) is 2.95. The van der Waals surface area contributed by atoms with Crippen LogP contribution in [-0.4, -0.2) is 30.4 Å². The molecule has 98 valence electrons. The third-order valence-electron chi connectivity index (χ3n) is 3.69. The number of carbonyl (C=O) groups is 1. The molecule has 2 rings (SSSR count). The molecule has 5 heteroatoms. The molecule has 0 aliphatic heterocycles. The maximum Gasteiger partial charge on any atom is 0.335 e. The maximum atomic E-state index is 12.2. The van der Waals surface area contributed by atoms with Crippen LogP contribution in [0.25, 0.3) is 0 Å². The Bertz CT molecular complexity index is 463. The van der Waals surface area contributed by atoms with E-state index in [-0.39, 0.29) is 11.9 Å². The number of hydrogen-bond acceptors (Lipinski definition) is 4. The first kappa shape index (κ1) is 12.8. The van der Waals surface area contributed by atoms with E-state index in [0.29, 0.717) is 18.0 Å². The maximum absolute atomic E-state index is 12.2. The quantitative estimate of drug-likeness (QED) is 0.862. The highest BCUT2D eigenvalue weighted by molar-refractivity contribution is 5.93. The van der Waals surface area contributed by atoms with Crippen LogP contribution in [-0.2, 0) is 0 Å². The van der Waals surface area contributed by atoms with Crippen LogP contribution in [0.5, 0.6) is 0 Å². The van der Waals surface area contributed by atoms with Gasteiger partial charge in [0.25, 0.3) is 5.91 Å². The molecular formula is C13H18N2O3. The van der Waals surface area contributed by atoms with Gasteiger partial charge in [-0.3, -0.25) is 4.79 Å². The van der Waals surface area contributed by atoms with Gasteiger partial charge in [0.1, 0.15) is 6.26 Å². The monoisotopic (exact) mass is 250 g/mol. The summed E-state index contributed by atoms with van der Waals surface area (Å²) in [6.45, 7) is 0.603. The summed E-state index contributed by atoms with van der Waals surface area (Å²) in [6.07, 6.45) is 4.38. The van der Waals surface area contributed by atoms with E-state index in [4.69, 9.17) is 10.2 Å². The molecule has 1 aliphatic carbocycles. The minimum absolute atomic E-state index is 0.121. The molecule has 1 aromatic rings. The highest BCUT2D eigenvalue weighted by atomic mass is 16.4. The first-order valence-corrected chi connectivity index (χ1v) is 6.19. The fourth-order valence-electron chi connectivity index (χ4n) is 2.64. The van der Waals surface area contributed by atoms with Gasteiger partial charge in [0.15, 0.2) is 0 Å². The Morgan fingerprint density at radius 1 is 1.50 bits per heavy atom. The largest absolute Gasteiger partial charge is 0.430 e. The van der Waals surface area contributed by atoms with Crippen molar-refractivity contribution < 1.29 is 9.21 Å². The molecule has 0 aromatic carbocycles. The molecule has 2 N–H and O–H groups in total. The van der Waals surface area contributed by atoms with Crippen LogP contribution < -0.4 is 11.4 Å². The third kappa shape index (κ3) is 2.46. The van der Waals surface area contributed by atoms with Gasteiger partial charge in [-0.25, -0.2) is 4.79 Å². The second-order valence-corrected chi connectivity index (χ2v) is 4.75. The molecule has 2 atom stereocenters. The van der Waals surface area contributed by atoms with Crippen LogP contribution in [0.15, 0.2) is 27.6 Å². The van der Waals surface area contributed by atoms with Gasteiger partial charge in [-0.2, -0.15) is 0 Å². The lowest BCUT2D eigenvalue weighted by Gasteiger charge is -2.29. The molecule has 0 radical (unpaired) electrons. The van der Waals surface area contributed by atoms with E-state index in [1.165, 1.54) is 18.4 Å². The van der Waals surface area contributed by atoms with Crippen molar-refractivity contribution in [1.82, 2.24) is 4.90 Å². The summed E-state index contributed by atoms with van der Waals surface area (Å²) < 4.78 is 4.72. The van der Waals surface area contributed by atoms with Crippen LogP contribution >= 0.6 is 0 Å². The molecule has 2 unspecified atom stereocenters. The van der Waals surface area contributed by atoms with Crippen molar-refractivity contribution in [2.24, 2.45) is 11.7 Å². The van der Waals surface area contributed by atoms with Crippen LogP contribution in [0.3, 0.4) is 0 Å². The van der Waals surface area contributed by atoms with Gasteiger partial charge in [0.2, 0.25) is 0 Å². The van der Waals surface area contributed by atoms with Gasteiger partial charge < -0.3 is 15.1 Å². The zero-order valence-corrected chi connectivity index (χ0v) is 10.5. The smallest absolute Gasteiger partial charge is 0.335 e. The van der Waals surface area contributed by atoms with Crippen molar-refractivity contribution in [3.63, 3.8) is 0 Å². The van der Waals surface area contributed by atoms with Crippen molar-refractivity contribution in [2.75, 3.05) is 13.6 Å². The van der Waals surface area contributed by atoms with Crippen LogP contribution in [0.4, 0.5) is 0 Å². The Morgan fingerprint density at radius 3 is 2.89 bits per heavy atom. The molecule has 1 aromatic heterocycles. The summed E-state index contributed by atoms with van der Waals surface area (Å²) in [5.74, 6) is 0.249. The van der Waals surface area contributed by atoms with E-state index in [0.717, 1.165) is 19.3 Å². The Morgan fingerprint density at radius 2 is 2.28 bits per heavy atom. The lowest BCUT2D eigenvalue weighted by atomic mass is 10.0. The lowest BCUT2D eigenvalue weighted by molar-refractivity contribution is 0.0697. The predicted molar refractivity (Wildman–Crippen MR) is 67.3 cm³/mol. The summed E-state index contributed by atoms with van der Waals surface area (Å²) in [5.41, 5.74) is 5.68. The van der Waals surface area contributed by atoms with Crippen LogP contribution in [0, 0.1) is 5.92 Å². The zero-order chi connectivity index (χ0) is 13.1. The molecule has 1 aliphatic rings. The van der Waals surface area contributed by atoms with Crippen molar-refractivity contribution >= 4 is 5.91 Å². The van der Waals surface area contributed by atoms with Gasteiger partial charge in [-0.1, -0.05) is 6.42 Å². The molecule has 0 saturated heterocycles. The molecule has 5 nitrogen and oxygen atoms in total. The SMILES string of the molecule is CN(C(=O)c1ccc(=O)oc1)C1CCCC1CN. The molecule has 1 amide bonds. The number of amides is 1. The summed E-state index contributed by atoms with van der Waals surface area (Å²) in [5, 5.41) is 0. The van der Waals surface area contributed by atoms with Crippen molar-refractivity contribution in [3.8, 4) is 0 Å². The highest BCUT2D eigenvalue weighted by Gasteiger charge is 2.32. The Labute approximate surface area is 106 Å². The topological polar surface area (TPSA) is 76.5 Å². The zero-order valence-electron chi connectivity index (χ0n) is 10.5. The van der Waals surface area contributed by atoms with Gasteiger partial charge >= 0.3 is 5.63 Å². The number of hydrogen-bond donors (Lipinski definition) is 1. The van der Waals surface area contributed by atoms with E-state index in [2.05, 4.69) is 0 Å². The number of carbonyl (C=O) groups excluding carboxylic acids is 1. The molecule has 18 heavy (non-hydrogen) atoms. The number of nitrogens with zero attached hydrogens (tertiary/aromatic N) is 1. The second-order valence-electron chi connectivity index (χ2n) is 4.75. The Balaban J connectivity index is 2.13. The van der Waals surface area contributed by atoms with Gasteiger partial charge in [-0.05, 0) is 31.4 Å². The second kappa shape index (κ2) is 5.35. The van der Waals surface area contributed by atoms with E-state index >= 15 is 0 Å². The third-order valence-corrected chi connectivity index (χ3v) is 3.69. The summed E-state index contributed by atoms with van der Waals surface area (Å²) in [7, 11) is 1.78. The first-order valence-electron chi connectivity index (χ1n) is 6.19. The average molecular weight is 250 g/mol. The fraction of sp³-hybridized carbons (Fsp3) is 0.538. The molecule has 0 bridgehead atoms. The standard InChI is InChI=1S/C13H18N2O3/c1-15(11-4-2-3-9(11)7-14)13(17)10-5-6-12(16)18-8-10/h5-6,8-9,11H,2-4,7,14H2,1H3.